The zero-order chi connectivity index (χ0) is 26.0. The standard InChI is InChI=1S/C28H25FN4O4/c1-33-23-16-18(7-11-28(36)9-3-10-28)5-6-24(23)37-17-22(27(33)35)32-26(34)21-15-19(8-13-30-21)14-20-4-2-12-31-25(20)29/h2,4-6,8,12-13,15-16,22,36H,3,9-10,14,17H2,1H3,(H,32,34). The fraction of sp³-hybridized carbons (Fsp3) is 0.286. The zero-order valence-electron chi connectivity index (χ0n) is 20.2. The Morgan fingerprint density at radius 3 is 2.84 bits per heavy atom. The largest absolute Gasteiger partial charge is 0.489 e. The first-order chi connectivity index (χ1) is 17.8. The van der Waals surface area contributed by atoms with Gasteiger partial charge in [0.25, 0.3) is 11.8 Å². The number of anilines is 1. The second-order valence-electron chi connectivity index (χ2n) is 9.23. The van der Waals surface area contributed by atoms with Gasteiger partial charge in [-0.15, -0.1) is 0 Å². The minimum absolute atomic E-state index is 0.0622. The van der Waals surface area contributed by atoms with E-state index in [4.69, 9.17) is 4.74 Å². The van der Waals surface area contributed by atoms with Crippen LogP contribution >= 0.6 is 0 Å². The van der Waals surface area contributed by atoms with E-state index in [1.807, 2.05) is 0 Å². The van der Waals surface area contributed by atoms with Gasteiger partial charge >= 0.3 is 0 Å². The molecule has 0 spiro atoms. The molecule has 2 amide bonds. The van der Waals surface area contributed by atoms with Gasteiger partial charge in [-0.1, -0.05) is 17.9 Å². The monoisotopic (exact) mass is 500 g/mol. The molecule has 3 heterocycles. The van der Waals surface area contributed by atoms with Gasteiger partial charge in [0.1, 0.15) is 29.7 Å². The molecule has 3 aromatic rings. The summed E-state index contributed by atoms with van der Waals surface area (Å²) in [4.78, 5) is 35.3. The maximum atomic E-state index is 13.9. The molecule has 37 heavy (non-hydrogen) atoms. The van der Waals surface area contributed by atoms with Crippen molar-refractivity contribution in [2.45, 2.75) is 37.3 Å². The number of likely N-dealkylation sites (N-methyl/N-ethyl adjacent to an activating group) is 1. The molecular weight excluding hydrogens is 475 g/mol. The highest BCUT2D eigenvalue weighted by Gasteiger charge is 2.33. The van der Waals surface area contributed by atoms with E-state index < -0.39 is 23.5 Å². The molecule has 1 atom stereocenters. The number of halogens is 1. The SMILES string of the molecule is CN1C(=O)C(NC(=O)c2cc(Cc3cccnc3F)ccn2)COc2ccc(C#CC3(O)CCC3)cc21. The van der Waals surface area contributed by atoms with Gasteiger partial charge in [0, 0.05) is 37.0 Å². The Morgan fingerprint density at radius 2 is 2.08 bits per heavy atom. The van der Waals surface area contributed by atoms with Crippen LogP contribution < -0.4 is 15.0 Å². The van der Waals surface area contributed by atoms with Crippen molar-refractivity contribution in [2.24, 2.45) is 0 Å². The maximum Gasteiger partial charge on any atom is 0.270 e. The first-order valence-corrected chi connectivity index (χ1v) is 12.0. The molecule has 1 aromatic carbocycles. The van der Waals surface area contributed by atoms with Gasteiger partial charge in [0.05, 0.1) is 5.69 Å². The number of rotatable bonds is 4. The molecule has 0 radical (unpaired) electrons. The van der Waals surface area contributed by atoms with Crippen molar-refractivity contribution < 1.29 is 23.8 Å². The van der Waals surface area contributed by atoms with Crippen LogP contribution in [0, 0.1) is 17.8 Å². The number of nitrogens with zero attached hydrogens (tertiary/aromatic N) is 3. The number of fused-ring (bicyclic) bond motifs is 1. The molecule has 1 fully saturated rings. The number of carbonyl (C=O) groups is 2. The molecule has 1 aliphatic carbocycles. The smallest absolute Gasteiger partial charge is 0.270 e. The van der Waals surface area contributed by atoms with Crippen molar-refractivity contribution in [1.82, 2.24) is 15.3 Å². The fourth-order valence-electron chi connectivity index (χ4n) is 4.22. The first kappa shape index (κ1) is 24.4. The van der Waals surface area contributed by atoms with E-state index in [9.17, 15) is 19.1 Å². The molecule has 2 N–H and O–H groups in total. The Bertz CT molecular complexity index is 1430. The molecule has 188 valence electrons. The average molecular weight is 501 g/mol. The van der Waals surface area contributed by atoms with E-state index in [1.165, 1.54) is 17.3 Å². The minimum atomic E-state index is -0.948. The fourth-order valence-corrected chi connectivity index (χ4v) is 4.22. The normalized spacial score (nSPS) is 17.9. The van der Waals surface area contributed by atoms with Crippen LogP contribution in [0.3, 0.4) is 0 Å². The van der Waals surface area contributed by atoms with E-state index >= 15 is 0 Å². The van der Waals surface area contributed by atoms with Crippen molar-refractivity contribution in [1.29, 1.82) is 0 Å². The number of hydrogen-bond donors (Lipinski definition) is 2. The number of hydrogen-bond acceptors (Lipinski definition) is 6. The predicted octanol–water partition coefficient (Wildman–Crippen LogP) is 2.63. The molecule has 8 nitrogen and oxygen atoms in total. The van der Waals surface area contributed by atoms with Crippen molar-refractivity contribution in [3.8, 4) is 17.6 Å². The van der Waals surface area contributed by atoms with Crippen LogP contribution in [-0.4, -0.2) is 52.2 Å². The lowest BCUT2D eigenvalue weighted by Crippen LogP contribution is -2.49. The number of aliphatic hydroxyl groups is 1. The third-order valence-electron chi connectivity index (χ3n) is 6.57. The Balaban J connectivity index is 1.29. The molecule has 0 saturated heterocycles. The van der Waals surface area contributed by atoms with Gasteiger partial charge in [0.2, 0.25) is 5.95 Å². The van der Waals surface area contributed by atoms with Crippen molar-refractivity contribution in [3.63, 3.8) is 0 Å². The number of pyridine rings is 2. The highest BCUT2D eigenvalue weighted by atomic mass is 19.1. The summed E-state index contributed by atoms with van der Waals surface area (Å²) in [5, 5.41) is 12.9. The molecule has 1 aliphatic heterocycles. The number of amides is 2. The summed E-state index contributed by atoms with van der Waals surface area (Å²) in [5.74, 6) is 4.91. The number of aromatic nitrogens is 2. The van der Waals surface area contributed by atoms with Gasteiger partial charge < -0.3 is 20.1 Å². The molecule has 2 aromatic heterocycles. The van der Waals surface area contributed by atoms with Crippen molar-refractivity contribution in [2.75, 3.05) is 18.6 Å². The summed E-state index contributed by atoms with van der Waals surface area (Å²) in [6.07, 6.45) is 5.36. The molecule has 0 bridgehead atoms. The minimum Gasteiger partial charge on any atom is -0.489 e. The van der Waals surface area contributed by atoms with E-state index in [0.29, 0.717) is 41.0 Å². The van der Waals surface area contributed by atoms with Crippen LogP contribution in [0.15, 0.2) is 54.9 Å². The third-order valence-corrected chi connectivity index (χ3v) is 6.57. The summed E-state index contributed by atoms with van der Waals surface area (Å²) in [5.41, 5.74) is 1.42. The van der Waals surface area contributed by atoms with Crippen LogP contribution in [0.4, 0.5) is 10.1 Å². The molecule has 1 unspecified atom stereocenters. The van der Waals surface area contributed by atoms with Crippen LogP contribution in [0.5, 0.6) is 5.75 Å². The highest BCUT2D eigenvalue weighted by Crippen LogP contribution is 2.33. The summed E-state index contributed by atoms with van der Waals surface area (Å²) in [7, 11) is 1.60. The topological polar surface area (TPSA) is 105 Å². The molecular formula is C28H25FN4O4. The van der Waals surface area contributed by atoms with Gasteiger partial charge in [-0.25, -0.2) is 4.98 Å². The van der Waals surface area contributed by atoms with Gasteiger partial charge in [-0.3, -0.25) is 14.6 Å². The molecule has 1 saturated carbocycles. The van der Waals surface area contributed by atoms with Crippen LogP contribution in [0.1, 0.15) is 46.4 Å². The lowest BCUT2D eigenvalue weighted by atomic mass is 9.81. The van der Waals surface area contributed by atoms with Crippen LogP contribution in [-0.2, 0) is 11.2 Å². The zero-order valence-corrected chi connectivity index (χ0v) is 20.2. The van der Waals surface area contributed by atoms with Crippen molar-refractivity contribution >= 4 is 17.5 Å². The van der Waals surface area contributed by atoms with E-state index in [2.05, 4.69) is 27.1 Å². The lowest BCUT2D eigenvalue weighted by molar-refractivity contribution is -0.120. The molecule has 2 aliphatic rings. The summed E-state index contributed by atoms with van der Waals surface area (Å²) in [6.45, 7) is -0.0622. The predicted molar refractivity (Wildman–Crippen MR) is 134 cm³/mol. The number of benzene rings is 1. The highest BCUT2D eigenvalue weighted by molar-refractivity contribution is 6.03. The Labute approximate surface area is 213 Å². The van der Waals surface area contributed by atoms with Crippen LogP contribution in [0.25, 0.3) is 0 Å². The van der Waals surface area contributed by atoms with Crippen LogP contribution in [0.2, 0.25) is 0 Å². The molecule has 9 heteroatoms. The maximum absolute atomic E-state index is 13.9. The summed E-state index contributed by atoms with van der Waals surface area (Å²) in [6, 6.07) is 10.8. The Morgan fingerprint density at radius 1 is 1.24 bits per heavy atom. The molecule has 5 rings (SSSR count). The Kier molecular flexibility index (Phi) is 6.59. The first-order valence-electron chi connectivity index (χ1n) is 12.0. The number of carbonyl (C=O) groups excluding carboxylic acids is 2. The quantitative estimate of drug-likeness (QED) is 0.422. The van der Waals surface area contributed by atoms with E-state index in [-0.39, 0.29) is 24.6 Å². The Hall–Kier alpha value is -4.29. The summed E-state index contributed by atoms with van der Waals surface area (Å²) >= 11 is 0. The van der Waals surface area contributed by atoms with E-state index in [1.54, 1.807) is 49.5 Å². The average Bonchev–Trinajstić information content (AvgIpc) is 3.00. The summed E-state index contributed by atoms with van der Waals surface area (Å²) < 4.78 is 19.8. The number of nitrogens with one attached hydrogen (secondary N) is 1. The number of ether oxygens (including phenoxy) is 1. The van der Waals surface area contributed by atoms with Gasteiger partial charge in [-0.2, -0.15) is 4.39 Å². The van der Waals surface area contributed by atoms with Gasteiger partial charge in [0.15, 0.2) is 0 Å². The van der Waals surface area contributed by atoms with Gasteiger partial charge in [-0.05, 0) is 61.2 Å². The van der Waals surface area contributed by atoms with E-state index in [0.717, 1.165) is 6.42 Å². The lowest BCUT2D eigenvalue weighted by Gasteiger charge is -2.30. The second-order valence-corrected chi connectivity index (χ2v) is 9.23. The second kappa shape index (κ2) is 9.99. The third kappa shape index (κ3) is 5.29. The van der Waals surface area contributed by atoms with Crippen molar-refractivity contribution in [3.05, 3.63) is 83.2 Å².